The highest BCUT2D eigenvalue weighted by Gasteiger charge is 2.38. The molecule has 6 heteroatoms. The van der Waals surface area contributed by atoms with Gasteiger partial charge in [0, 0.05) is 24.0 Å². The molecule has 6 aromatic rings. The van der Waals surface area contributed by atoms with Crippen molar-refractivity contribution in [1.29, 1.82) is 0 Å². The van der Waals surface area contributed by atoms with Crippen LogP contribution in [0.5, 0.6) is 23.0 Å². The van der Waals surface area contributed by atoms with Crippen LogP contribution in [-0.2, 0) is 0 Å². The van der Waals surface area contributed by atoms with E-state index >= 15 is 0 Å². The van der Waals surface area contributed by atoms with Gasteiger partial charge in [-0.05, 0) is 71.9 Å². The predicted octanol–water partition coefficient (Wildman–Crippen LogP) is 7.41. The van der Waals surface area contributed by atoms with Crippen molar-refractivity contribution in [3.63, 3.8) is 0 Å². The van der Waals surface area contributed by atoms with E-state index in [4.69, 9.17) is 18.9 Å². The van der Waals surface area contributed by atoms with E-state index in [1.807, 2.05) is 0 Å². The quantitative estimate of drug-likeness (QED) is 0.138. The van der Waals surface area contributed by atoms with E-state index in [0.717, 1.165) is 34.1 Å². The maximum Gasteiger partial charge on any atom is 0.244 e. The molecule has 0 N–H and O–H groups in total. The van der Waals surface area contributed by atoms with Crippen LogP contribution < -0.4 is 50.8 Å². The molecule has 6 aromatic carbocycles. The van der Waals surface area contributed by atoms with E-state index in [0.29, 0.717) is 12.8 Å². The van der Waals surface area contributed by atoms with Gasteiger partial charge in [-0.3, -0.25) is 0 Å². The lowest BCUT2D eigenvalue weighted by Gasteiger charge is -2.27. The van der Waals surface area contributed by atoms with Crippen molar-refractivity contribution in [3.05, 3.63) is 158 Å². The van der Waals surface area contributed by atoms with Crippen LogP contribution in [0.25, 0.3) is 11.1 Å². The molecule has 0 unspecified atom stereocenters. The molecule has 4 nitrogen and oxygen atoms in total. The van der Waals surface area contributed by atoms with Gasteiger partial charge in [0.15, 0.2) is 23.0 Å². The van der Waals surface area contributed by atoms with E-state index in [9.17, 15) is 0 Å². The Morgan fingerprint density at radius 3 is 1.04 bits per heavy atom. The summed E-state index contributed by atoms with van der Waals surface area (Å²) in [5.74, 6) is 3.04. The minimum Gasteiger partial charge on any atom is -0.451 e. The Bertz CT molecular complexity index is 1870. The summed E-state index contributed by atoms with van der Waals surface area (Å²) in [6, 6.07) is 52.0. The molecular weight excluding hydrogens is 630 g/mol. The van der Waals surface area contributed by atoms with Crippen LogP contribution >= 0.6 is 15.8 Å². The summed E-state index contributed by atoms with van der Waals surface area (Å²) in [5, 5.41) is 7.43. The molecule has 4 bridgehead atoms. The zero-order chi connectivity index (χ0) is 31.9. The van der Waals surface area contributed by atoms with Gasteiger partial charge in [-0.15, -0.1) is 0 Å². The third kappa shape index (κ3) is 5.27. The Balaban J connectivity index is 1.39. The van der Waals surface area contributed by atoms with Crippen molar-refractivity contribution in [2.24, 2.45) is 0 Å². The monoisotopic (exact) mass is 662 g/mol. The highest BCUT2D eigenvalue weighted by molar-refractivity contribution is 7.80. The van der Waals surface area contributed by atoms with Crippen LogP contribution in [0, 0.1) is 0 Å². The fraction of sp³-hybridized carbons (Fsp3) is 0.0952. The van der Waals surface area contributed by atoms with Gasteiger partial charge in [0.05, 0.1) is 0 Å². The van der Waals surface area contributed by atoms with Crippen LogP contribution in [0.2, 0.25) is 0 Å². The van der Waals surface area contributed by atoms with Gasteiger partial charge in [0.25, 0.3) is 0 Å². The number of benzene rings is 6. The Morgan fingerprint density at radius 1 is 0.375 bits per heavy atom. The molecule has 0 aromatic heterocycles. The van der Waals surface area contributed by atoms with Crippen molar-refractivity contribution in [1.82, 2.24) is 0 Å². The summed E-state index contributed by atoms with van der Waals surface area (Å²) < 4.78 is 26.7. The van der Waals surface area contributed by atoms with Crippen molar-refractivity contribution in [3.8, 4) is 34.1 Å². The van der Waals surface area contributed by atoms with E-state index in [-0.39, 0.29) is 0 Å². The smallest absolute Gasteiger partial charge is 0.244 e. The Kier molecular flexibility index (Phi) is 7.70. The fourth-order valence-corrected chi connectivity index (χ4v) is 11.7. The summed E-state index contributed by atoms with van der Waals surface area (Å²) in [5.41, 5.74) is 2.04. The van der Waals surface area contributed by atoms with Gasteiger partial charge in [-0.2, -0.15) is 0 Å². The number of hydrogen-bond donors (Lipinski definition) is 0. The molecule has 0 spiro atoms. The molecule has 0 saturated heterocycles. The number of hydrogen-bond acceptors (Lipinski definition) is 4. The van der Waals surface area contributed by atoms with E-state index in [1.54, 1.807) is 0 Å². The minimum atomic E-state index is -1.00. The third-order valence-corrected chi connectivity index (χ3v) is 13.8. The van der Waals surface area contributed by atoms with Gasteiger partial charge in [0.2, 0.25) is 12.6 Å². The van der Waals surface area contributed by atoms with Crippen molar-refractivity contribution < 1.29 is 18.9 Å². The molecule has 234 valence electrons. The van der Waals surface area contributed by atoms with E-state index in [2.05, 4.69) is 158 Å². The molecule has 48 heavy (non-hydrogen) atoms. The van der Waals surface area contributed by atoms with Crippen molar-refractivity contribution in [2.75, 3.05) is 0 Å². The summed E-state index contributed by atoms with van der Waals surface area (Å²) in [6.45, 7) is 0. The van der Waals surface area contributed by atoms with Crippen LogP contribution in [0.3, 0.4) is 0 Å². The molecule has 0 saturated carbocycles. The number of rotatable bonds is 6. The molecule has 0 amide bonds. The zero-order valence-electron chi connectivity index (χ0n) is 26.1. The average molecular weight is 663 g/mol. The molecule has 3 heterocycles. The fourth-order valence-electron chi connectivity index (χ4n) is 6.75. The highest BCUT2D eigenvalue weighted by atomic mass is 31.1. The summed E-state index contributed by atoms with van der Waals surface area (Å²) in [7, 11) is -2.00. The first-order valence-corrected chi connectivity index (χ1v) is 19.0. The second kappa shape index (κ2) is 12.6. The van der Waals surface area contributed by atoms with Crippen LogP contribution in [0.4, 0.5) is 0 Å². The molecule has 2 atom stereocenters. The lowest BCUT2D eigenvalue weighted by atomic mass is 10.0. The second-order valence-electron chi connectivity index (χ2n) is 11.9. The topological polar surface area (TPSA) is 36.9 Å². The van der Waals surface area contributed by atoms with Crippen LogP contribution in [0.1, 0.15) is 12.8 Å². The minimum absolute atomic E-state index is 0.412. The SMILES string of the molecule is C1=CC[C@H]2Oc3ccc(P(c4ccccc4)c4ccccc4)c(c3O2)-c2c(P(c3ccccc3)c3ccccc3)ccc3c2O[C@H](C1)O3. The van der Waals surface area contributed by atoms with Gasteiger partial charge < -0.3 is 18.9 Å². The number of ether oxygens (including phenoxy) is 4. The Morgan fingerprint density at radius 2 is 0.708 bits per heavy atom. The molecule has 0 aliphatic carbocycles. The largest absolute Gasteiger partial charge is 0.451 e. The van der Waals surface area contributed by atoms with Crippen molar-refractivity contribution in [2.45, 2.75) is 25.4 Å². The highest BCUT2D eigenvalue weighted by Crippen LogP contribution is 2.55. The normalized spacial score (nSPS) is 17.1. The second-order valence-corrected chi connectivity index (χ2v) is 16.2. The predicted molar refractivity (Wildman–Crippen MR) is 198 cm³/mol. The standard InChI is InChI=1S/C42H32O4P2/c1-5-15-29(16-6-1)47(30-17-7-2-8-18-30)35-27-25-33-41-39(35)40-36(48(31-19-9-3-10-20-31)32-21-11-4-12-22-32)28-26-34-42(40)46-38(44-34)24-14-13-23-37(43-33)45-41/h1-22,25-28,37-38H,23-24H2/t37-,38+. The van der Waals surface area contributed by atoms with Gasteiger partial charge in [0.1, 0.15) is 0 Å². The summed E-state index contributed by atoms with van der Waals surface area (Å²) in [6.07, 6.45) is 4.63. The summed E-state index contributed by atoms with van der Waals surface area (Å²) >= 11 is 0. The molecular formula is C42H32O4P2. The van der Waals surface area contributed by atoms with E-state index in [1.165, 1.54) is 31.8 Å². The Labute approximate surface area is 283 Å². The molecule has 3 aliphatic rings. The van der Waals surface area contributed by atoms with Crippen LogP contribution in [0.15, 0.2) is 158 Å². The maximum atomic E-state index is 6.83. The zero-order valence-corrected chi connectivity index (χ0v) is 27.9. The van der Waals surface area contributed by atoms with Crippen LogP contribution in [-0.4, -0.2) is 12.6 Å². The summed E-state index contributed by atoms with van der Waals surface area (Å²) in [4.78, 5) is 0. The third-order valence-electron chi connectivity index (χ3n) is 8.83. The molecule has 3 aliphatic heterocycles. The van der Waals surface area contributed by atoms with Gasteiger partial charge in [-0.25, -0.2) is 0 Å². The van der Waals surface area contributed by atoms with Gasteiger partial charge in [-0.1, -0.05) is 133 Å². The molecule has 9 rings (SSSR count). The average Bonchev–Trinajstić information content (AvgIpc) is 3.76. The first-order valence-electron chi connectivity index (χ1n) is 16.3. The lowest BCUT2D eigenvalue weighted by Crippen LogP contribution is -2.26. The van der Waals surface area contributed by atoms with Gasteiger partial charge >= 0.3 is 0 Å². The molecule has 0 radical (unpaired) electrons. The van der Waals surface area contributed by atoms with Crippen molar-refractivity contribution >= 4 is 47.7 Å². The lowest BCUT2D eigenvalue weighted by molar-refractivity contribution is 0.0483. The first kappa shape index (κ1) is 29.3. The Hall–Kier alpha value is -4.88. The number of fused-ring (bicyclic) bond motifs is 3. The maximum absolute atomic E-state index is 6.83. The first-order chi connectivity index (χ1) is 23.8. The molecule has 0 fully saturated rings. The van der Waals surface area contributed by atoms with E-state index < -0.39 is 28.4 Å².